The first kappa shape index (κ1) is 17.6. The van der Waals surface area contributed by atoms with E-state index in [-0.39, 0.29) is 5.91 Å². The zero-order valence-electron chi connectivity index (χ0n) is 14.2. The summed E-state index contributed by atoms with van der Waals surface area (Å²) in [5.41, 5.74) is 2.13. The van der Waals surface area contributed by atoms with Crippen LogP contribution in [0.1, 0.15) is 28.4 Å². The van der Waals surface area contributed by atoms with Gasteiger partial charge in [-0.05, 0) is 30.2 Å². The molecule has 0 spiro atoms. The lowest BCUT2D eigenvalue weighted by atomic mass is 10.1. The molecule has 1 amide bonds. The van der Waals surface area contributed by atoms with Gasteiger partial charge in [0.1, 0.15) is 5.82 Å². The molecule has 0 aliphatic heterocycles. The molecule has 132 valence electrons. The van der Waals surface area contributed by atoms with Crippen molar-refractivity contribution in [2.24, 2.45) is 0 Å². The number of carbonyl (C=O) groups is 1. The van der Waals surface area contributed by atoms with E-state index in [0.717, 1.165) is 11.3 Å². The number of aliphatic hydroxyl groups is 1. The van der Waals surface area contributed by atoms with Gasteiger partial charge in [0.2, 0.25) is 0 Å². The van der Waals surface area contributed by atoms with E-state index in [1.165, 1.54) is 0 Å². The second-order valence-electron chi connectivity index (χ2n) is 5.77. The quantitative estimate of drug-likeness (QED) is 0.611. The summed E-state index contributed by atoms with van der Waals surface area (Å²) in [6.45, 7) is 0.386. The molecule has 3 aromatic rings. The predicted molar refractivity (Wildman–Crippen MR) is 100 cm³/mol. The maximum atomic E-state index is 12.3. The molecule has 1 heterocycles. The lowest BCUT2D eigenvalue weighted by Gasteiger charge is -2.12. The zero-order chi connectivity index (χ0) is 18.2. The molecule has 0 saturated carbocycles. The summed E-state index contributed by atoms with van der Waals surface area (Å²) < 4.78 is 0. The van der Waals surface area contributed by atoms with Gasteiger partial charge in [0.15, 0.2) is 0 Å². The Labute approximate surface area is 152 Å². The fourth-order valence-corrected chi connectivity index (χ4v) is 2.52. The molecule has 0 aliphatic rings. The van der Waals surface area contributed by atoms with Crippen molar-refractivity contribution in [3.8, 4) is 0 Å². The fourth-order valence-electron chi connectivity index (χ4n) is 2.52. The third-order valence-corrected chi connectivity index (χ3v) is 3.85. The third kappa shape index (κ3) is 4.87. The van der Waals surface area contributed by atoms with E-state index < -0.39 is 6.10 Å². The number of amides is 1. The van der Waals surface area contributed by atoms with E-state index in [9.17, 15) is 9.90 Å². The maximum absolute atomic E-state index is 12.3. The van der Waals surface area contributed by atoms with Crippen molar-refractivity contribution in [1.29, 1.82) is 0 Å². The Balaban J connectivity index is 1.54. The number of hydrogen-bond acceptors (Lipinski definition) is 5. The molecule has 0 radical (unpaired) electrons. The highest BCUT2D eigenvalue weighted by Gasteiger charge is 2.09. The van der Waals surface area contributed by atoms with Crippen molar-refractivity contribution >= 4 is 17.4 Å². The first-order valence-electron chi connectivity index (χ1n) is 8.37. The van der Waals surface area contributed by atoms with Crippen LogP contribution in [0.3, 0.4) is 0 Å². The molecular weight excluding hydrogens is 328 g/mol. The number of hydrogen-bond donors (Lipinski definition) is 3. The average Bonchev–Trinajstić information content (AvgIpc) is 2.69. The highest BCUT2D eigenvalue weighted by Crippen LogP contribution is 2.16. The standard InChI is InChI=1S/C20H20N4O2/c25-18(15-5-2-1-3-6-15)9-10-23-20(26)16-7-4-8-17(13-16)24-19-14-21-11-12-22-19/h1-8,11-14,18,25H,9-10H2,(H,22,24)(H,23,26). The molecule has 1 aromatic heterocycles. The zero-order valence-corrected chi connectivity index (χ0v) is 14.2. The smallest absolute Gasteiger partial charge is 0.251 e. The van der Waals surface area contributed by atoms with E-state index in [4.69, 9.17) is 0 Å². The van der Waals surface area contributed by atoms with E-state index in [2.05, 4.69) is 20.6 Å². The summed E-state index contributed by atoms with van der Waals surface area (Å²) >= 11 is 0. The topological polar surface area (TPSA) is 87.1 Å². The summed E-state index contributed by atoms with van der Waals surface area (Å²) in [5.74, 6) is 0.420. The van der Waals surface area contributed by atoms with Gasteiger partial charge in [-0.2, -0.15) is 0 Å². The summed E-state index contributed by atoms with van der Waals surface area (Å²) in [5, 5.41) is 16.1. The van der Waals surface area contributed by atoms with Crippen LogP contribution in [0.25, 0.3) is 0 Å². The number of nitrogens with zero attached hydrogens (tertiary/aromatic N) is 2. The van der Waals surface area contributed by atoms with Crippen molar-refractivity contribution in [3.05, 3.63) is 84.3 Å². The second-order valence-corrected chi connectivity index (χ2v) is 5.77. The minimum absolute atomic E-state index is 0.187. The molecule has 1 unspecified atom stereocenters. The van der Waals surface area contributed by atoms with Crippen molar-refractivity contribution in [2.45, 2.75) is 12.5 Å². The number of carbonyl (C=O) groups excluding carboxylic acids is 1. The Bertz CT molecular complexity index is 841. The van der Waals surface area contributed by atoms with Gasteiger partial charge in [0.05, 0.1) is 12.3 Å². The molecular formula is C20H20N4O2. The normalized spacial score (nSPS) is 11.6. The predicted octanol–water partition coefficient (Wildman–Crippen LogP) is 3.07. The molecule has 0 fully saturated rings. The van der Waals surface area contributed by atoms with Crippen LogP contribution in [0.4, 0.5) is 11.5 Å². The molecule has 2 aromatic carbocycles. The first-order valence-corrected chi connectivity index (χ1v) is 8.37. The number of nitrogens with one attached hydrogen (secondary N) is 2. The number of benzene rings is 2. The van der Waals surface area contributed by atoms with Crippen LogP contribution in [0.5, 0.6) is 0 Å². The van der Waals surface area contributed by atoms with E-state index in [1.54, 1.807) is 36.8 Å². The lowest BCUT2D eigenvalue weighted by Crippen LogP contribution is -2.25. The van der Waals surface area contributed by atoms with Gasteiger partial charge < -0.3 is 15.7 Å². The molecule has 3 rings (SSSR count). The van der Waals surface area contributed by atoms with Crippen LogP contribution in [0, 0.1) is 0 Å². The minimum Gasteiger partial charge on any atom is -0.388 e. The van der Waals surface area contributed by atoms with Crippen LogP contribution in [-0.4, -0.2) is 27.5 Å². The molecule has 26 heavy (non-hydrogen) atoms. The Morgan fingerprint density at radius 3 is 2.69 bits per heavy atom. The second kappa shape index (κ2) is 8.73. The van der Waals surface area contributed by atoms with Crippen LogP contribution in [0.2, 0.25) is 0 Å². The maximum Gasteiger partial charge on any atom is 0.251 e. The summed E-state index contributed by atoms with van der Waals surface area (Å²) in [4.78, 5) is 20.5. The minimum atomic E-state index is -0.596. The average molecular weight is 348 g/mol. The number of anilines is 2. The summed E-state index contributed by atoms with van der Waals surface area (Å²) in [6, 6.07) is 16.5. The molecule has 3 N–H and O–H groups in total. The summed E-state index contributed by atoms with van der Waals surface area (Å²) in [7, 11) is 0. The molecule has 0 bridgehead atoms. The van der Waals surface area contributed by atoms with E-state index >= 15 is 0 Å². The van der Waals surface area contributed by atoms with Crippen LogP contribution in [-0.2, 0) is 0 Å². The number of aromatic nitrogens is 2. The Morgan fingerprint density at radius 2 is 1.92 bits per heavy atom. The van der Waals surface area contributed by atoms with Crippen LogP contribution in [0.15, 0.2) is 73.2 Å². The van der Waals surface area contributed by atoms with Crippen LogP contribution >= 0.6 is 0 Å². The molecule has 1 atom stereocenters. The monoisotopic (exact) mass is 348 g/mol. The van der Waals surface area contributed by atoms with Gasteiger partial charge in [-0.3, -0.25) is 9.78 Å². The van der Waals surface area contributed by atoms with Gasteiger partial charge in [0.25, 0.3) is 5.91 Å². The van der Waals surface area contributed by atoms with Gasteiger partial charge in [-0.15, -0.1) is 0 Å². The first-order chi connectivity index (χ1) is 12.7. The molecule has 0 saturated heterocycles. The Hall–Kier alpha value is -3.25. The molecule has 0 aliphatic carbocycles. The lowest BCUT2D eigenvalue weighted by molar-refractivity contribution is 0.0942. The summed E-state index contributed by atoms with van der Waals surface area (Å²) in [6.07, 6.45) is 4.65. The van der Waals surface area contributed by atoms with Crippen molar-refractivity contribution in [1.82, 2.24) is 15.3 Å². The van der Waals surface area contributed by atoms with E-state index in [1.807, 2.05) is 36.4 Å². The van der Waals surface area contributed by atoms with Gasteiger partial charge in [-0.1, -0.05) is 36.4 Å². The highest BCUT2D eigenvalue weighted by atomic mass is 16.3. The third-order valence-electron chi connectivity index (χ3n) is 3.85. The van der Waals surface area contributed by atoms with Crippen LogP contribution < -0.4 is 10.6 Å². The van der Waals surface area contributed by atoms with Gasteiger partial charge in [0, 0.05) is 30.2 Å². The van der Waals surface area contributed by atoms with E-state index in [0.29, 0.717) is 24.3 Å². The van der Waals surface area contributed by atoms with Crippen molar-refractivity contribution < 1.29 is 9.90 Å². The fraction of sp³-hybridized carbons (Fsp3) is 0.150. The highest BCUT2D eigenvalue weighted by molar-refractivity contribution is 5.95. The Kier molecular flexibility index (Phi) is 5.90. The molecule has 6 heteroatoms. The molecule has 6 nitrogen and oxygen atoms in total. The Morgan fingerprint density at radius 1 is 1.08 bits per heavy atom. The number of aliphatic hydroxyl groups excluding tert-OH is 1. The number of rotatable bonds is 7. The van der Waals surface area contributed by atoms with Gasteiger partial charge in [-0.25, -0.2) is 4.98 Å². The van der Waals surface area contributed by atoms with Gasteiger partial charge >= 0.3 is 0 Å². The van der Waals surface area contributed by atoms with Crippen molar-refractivity contribution in [3.63, 3.8) is 0 Å². The largest absolute Gasteiger partial charge is 0.388 e. The van der Waals surface area contributed by atoms with Crippen molar-refractivity contribution in [2.75, 3.05) is 11.9 Å². The SMILES string of the molecule is O=C(NCCC(O)c1ccccc1)c1cccc(Nc2cnccn2)c1.